The fourth-order valence-electron chi connectivity index (χ4n) is 1.86. The van der Waals surface area contributed by atoms with Gasteiger partial charge in [-0.3, -0.25) is 4.90 Å². The molecule has 0 unspecified atom stereocenters. The van der Waals surface area contributed by atoms with Crippen LogP contribution < -0.4 is 0 Å². The maximum atomic E-state index is 12.8. The van der Waals surface area contributed by atoms with Crippen molar-refractivity contribution < 1.29 is 29.8 Å². The number of nitrogens with zero attached hydrogens (tertiary/aromatic N) is 2. The number of amides is 1. The van der Waals surface area contributed by atoms with E-state index in [0.717, 1.165) is 0 Å². The molecule has 0 N–H and O–H groups in total. The first-order chi connectivity index (χ1) is 13.5. The van der Waals surface area contributed by atoms with E-state index in [1.165, 1.54) is 20.8 Å². The molecule has 1 amide bonds. The fraction of sp³-hybridized carbons (Fsp3) is 0.812. The third-order valence-corrected chi connectivity index (χ3v) is 3.79. The lowest BCUT2D eigenvalue weighted by Gasteiger charge is -2.34. The standard InChI is InChI=1S/C16H29BN2O4/c1-14(2,3)21-13(20)19-10-9-18(8)12(11-19)17-22-15(4,5)16(6,7)23-17/h11H,9-10H2,1-8H3/i8D3,9D2,10D2,11D. The monoisotopic (exact) mass is 332 g/mol. The Morgan fingerprint density at radius 3 is 2.39 bits per heavy atom. The predicted octanol–water partition coefficient (Wildman–Crippen LogP) is 2.64. The van der Waals surface area contributed by atoms with Crippen LogP contribution in [0.15, 0.2) is 11.8 Å². The molecule has 2 aliphatic heterocycles. The topological polar surface area (TPSA) is 51.2 Å². The number of hydrogen-bond donors (Lipinski definition) is 0. The van der Waals surface area contributed by atoms with Gasteiger partial charge in [0, 0.05) is 30.3 Å². The van der Waals surface area contributed by atoms with Crippen LogP contribution in [-0.2, 0) is 14.0 Å². The maximum absolute atomic E-state index is 12.8. The predicted molar refractivity (Wildman–Crippen MR) is 89.7 cm³/mol. The summed E-state index contributed by atoms with van der Waals surface area (Å²) < 4.78 is 82.2. The molecule has 2 heterocycles. The number of hydrogen-bond acceptors (Lipinski definition) is 5. The molecule has 0 saturated carbocycles. The van der Waals surface area contributed by atoms with Gasteiger partial charge >= 0.3 is 13.2 Å². The van der Waals surface area contributed by atoms with Gasteiger partial charge in [-0.05, 0) is 48.5 Å². The number of ether oxygens (including phenoxy) is 1. The van der Waals surface area contributed by atoms with Crippen molar-refractivity contribution in [1.29, 1.82) is 0 Å². The fourth-order valence-corrected chi connectivity index (χ4v) is 1.86. The first-order valence-corrected chi connectivity index (χ1v) is 7.37. The Morgan fingerprint density at radius 1 is 1.35 bits per heavy atom. The van der Waals surface area contributed by atoms with Gasteiger partial charge in [0.05, 0.1) is 23.7 Å². The molecule has 6 nitrogen and oxygen atoms in total. The van der Waals surface area contributed by atoms with Gasteiger partial charge in [0.15, 0.2) is 0 Å². The van der Waals surface area contributed by atoms with Crippen molar-refractivity contribution in [2.45, 2.75) is 65.3 Å². The minimum atomic E-state index is -3.29. The SMILES string of the molecule is [2H]C1=C(B2OC(C)(C)C(C)(C)O2)N(C([2H])([2H])[2H])C([2H])([2H])C([2H])([2H])N1C(=O)OC(C)(C)C. The molecule has 0 aromatic carbocycles. The highest BCUT2D eigenvalue weighted by Gasteiger charge is 2.53. The normalized spacial score (nSPS) is 34.3. The van der Waals surface area contributed by atoms with Crippen LogP contribution in [0, 0.1) is 0 Å². The first kappa shape index (κ1) is 9.94. The Balaban J connectivity index is 2.78. The molecule has 1 saturated heterocycles. The molecule has 0 aromatic heterocycles. The lowest BCUT2D eigenvalue weighted by molar-refractivity contribution is 0.00578. The van der Waals surface area contributed by atoms with Crippen LogP contribution in [0.1, 0.15) is 59.4 Å². The highest BCUT2D eigenvalue weighted by atomic mass is 16.7. The summed E-state index contributed by atoms with van der Waals surface area (Å²) in [6.45, 7) is 1.51. The van der Waals surface area contributed by atoms with Crippen LogP contribution in [0.2, 0.25) is 0 Å². The van der Waals surface area contributed by atoms with Crippen molar-refractivity contribution in [2.75, 3.05) is 20.0 Å². The molecule has 0 radical (unpaired) electrons. The second-order valence-electron chi connectivity index (χ2n) is 7.46. The van der Waals surface area contributed by atoms with Crippen molar-refractivity contribution in [3.63, 3.8) is 0 Å². The van der Waals surface area contributed by atoms with E-state index in [4.69, 9.17) is 25.0 Å². The molecule has 0 aliphatic carbocycles. The minimum absolute atomic E-state index is 0.144. The lowest BCUT2D eigenvalue weighted by atomic mass is 9.83. The molecule has 130 valence electrons. The number of carbonyl (C=O) groups excluding carboxylic acids is 1. The Labute approximate surface area is 151 Å². The molecule has 0 bridgehead atoms. The van der Waals surface area contributed by atoms with Crippen LogP contribution in [0.3, 0.4) is 0 Å². The molecular weight excluding hydrogens is 295 g/mol. The van der Waals surface area contributed by atoms with Crippen molar-refractivity contribution in [3.8, 4) is 0 Å². The van der Waals surface area contributed by atoms with E-state index in [1.54, 1.807) is 27.7 Å². The molecule has 2 rings (SSSR count). The summed E-state index contributed by atoms with van der Waals surface area (Å²) in [7, 11) is -1.55. The Kier molecular flexibility index (Phi) is 2.46. The minimum Gasteiger partial charge on any atom is -0.443 e. The van der Waals surface area contributed by atoms with Gasteiger partial charge in [0.25, 0.3) is 0 Å². The number of rotatable bonds is 1. The van der Waals surface area contributed by atoms with E-state index in [1.807, 2.05) is 0 Å². The van der Waals surface area contributed by atoms with Crippen molar-refractivity contribution in [1.82, 2.24) is 9.80 Å². The van der Waals surface area contributed by atoms with E-state index >= 15 is 0 Å². The second-order valence-corrected chi connectivity index (χ2v) is 7.46. The van der Waals surface area contributed by atoms with Gasteiger partial charge < -0.3 is 18.9 Å². The van der Waals surface area contributed by atoms with Crippen molar-refractivity contribution in [2.24, 2.45) is 0 Å². The molecule has 23 heavy (non-hydrogen) atoms. The molecule has 7 heteroatoms. The summed E-state index contributed by atoms with van der Waals surface area (Å²) in [4.78, 5) is 13.1. The Hall–Kier alpha value is -1.21. The maximum Gasteiger partial charge on any atom is 0.513 e. The van der Waals surface area contributed by atoms with Gasteiger partial charge in [0.1, 0.15) is 5.60 Å². The average Bonchev–Trinajstić information content (AvgIpc) is 2.67. The van der Waals surface area contributed by atoms with Crippen LogP contribution in [0.5, 0.6) is 0 Å². The smallest absolute Gasteiger partial charge is 0.443 e. The summed E-state index contributed by atoms with van der Waals surface area (Å²) in [5, 5.41) is 0. The summed E-state index contributed by atoms with van der Waals surface area (Å²) in [5.41, 5.74) is -3.65. The van der Waals surface area contributed by atoms with Gasteiger partial charge in [-0.15, -0.1) is 0 Å². The average molecular weight is 332 g/mol. The van der Waals surface area contributed by atoms with E-state index in [0.29, 0.717) is 0 Å². The Morgan fingerprint density at radius 2 is 1.91 bits per heavy atom. The van der Waals surface area contributed by atoms with E-state index in [9.17, 15) is 4.79 Å². The van der Waals surface area contributed by atoms with Gasteiger partial charge in [-0.2, -0.15) is 0 Å². The lowest BCUT2D eigenvalue weighted by Crippen LogP contribution is -2.45. The zero-order valence-corrected chi connectivity index (χ0v) is 14.6. The van der Waals surface area contributed by atoms with E-state index < -0.39 is 61.8 Å². The number of likely N-dealkylation sites (N-methyl/N-ethyl adjacent to an activating group) is 1. The molecular formula is C16H29BN2O4. The second kappa shape index (κ2) is 5.70. The molecule has 0 spiro atoms. The Bertz CT molecular complexity index is 775. The molecule has 1 fully saturated rings. The summed E-state index contributed by atoms with van der Waals surface area (Å²) in [5.74, 6) is 0. The molecule has 0 aromatic rings. The quantitative estimate of drug-likeness (QED) is 0.691. The van der Waals surface area contributed by atoms with Crippen LogP contribution in [-0.4, -0.2) is 59.8 Å². The highest BCUT2D eigenvalue weighted by Crippen LogP contribution is 2.39. The van der Waals surface area contributed by atoms with Crippen molar-refractivity contribution >= 4 is 13.2 Å². The zero-order valence-electron chi connectivity index (χ0n) is 22.6. The van der Waals surface area contributed by atoms with Gasteiger partial charge in [-0.1, -0.05) is 0 Å². The molecule has 2 aliphatic rings. The van der Waals surface area contributed by atoms with E-state index in [-0.39, 0.29) is 9.80 Å². The largest absolute Gasteiger partial charge is 0.513 e. The highest BCUT2D eigenvalue weighted by molar-refractivity contribution is 6.54. The summed E-state index contributed by atoms with van der Waals surface area (Å²) in [6.07, 6.45) is -2.27. The zero-order chi connectivity index (χ0) is 24.6. The van der Waals surface area contributed by atoms with Gasteiger partial charge in [0.2, 0.25) is 0 Å². The van der Waals surface area contributed by atoms with Crippen molar-refractivity contribution in [3.05, 3.63) is 11.8 Å². The van der Waals surface area contributed by atoms with Crippen LogP contribution >= 0.6 is 0 Å². The van der Waals surface area contributed by atoms with Crippen LogP contribution in [0.4, 0.5) is 4.79 Å². The molecule has 0 atom stereocenters. The first-order valence-electron chi connectivity index (χ1n) is 11.4. The summed E-state index contributed by atoms with van der Waals surface area (Å²) >= 11 is 0. The summed E-state index contributed by atoms with van der Waals surface area (Å²) in [6, 6.07) is 0. The number of carbonyl (C=O) groups is 1. The van der Waals surface area contributed by atoms with E-state index in [2.05, 4.69) is 0 Å². The van der Waals surface area contributed by atoms with Gasteiger partial charge in [-0.25, -0.2) is 4.79 Å². The van der Waals surface area contributed by atoms with Crippen LogP contribution in [0.25, 0.3) is 0 Å². The third-order valence-electron chi connectivity index (χ3n) is 3.79. The third kappa shape index (κ3) is 3.83.